The number of carbonyl (C=O) groups excluding carboxylic acids is 2. The minimum absolute atomic E-state index is 0.148. The molecule has 0 unspecified atom stereocenters. The molecule has 7 heteroatoms. The summed E-state index contributed by atoms with van der Waals surface area (Å²) in [4.78, 5) is 26.7. The number of hydrogen-bond donors (Lipinski definition) is 4. The van der Waals surface area contributed by atoms with Crippen molar-refractivity contribution >= 4 is 17.5 Å². The normalized spacial score (nSPS) is 10.8. The molecule has 7 nitrogen and oxygen atoms in total. The Hall–Kier alpha value is -2.15. The third-order valence-electron chi connectivity index (χ3n) is 2.20. The number of nitrogens with one attached hydrogen (secondary N) is 2. The van der Waals surface area contributed by atoms with E-state index >= 15 is 0 Å². The van der Waals surface area contributed by atoms with Crippen LogP contribution in [0, 0.1) is 0 Å². The zero-order valence-corrected chi connectivity index (χ0v) is 9.65. The largest absolute Gasteiger partial charge is 0.368 e. The first-order valence-electron chi connectivity index (χ1n) is 4.92. The number of hydrogen-bond acceptors (Lipinski definition) is 5. The first kappa shape index (κ1) is 12.9. The number of nitrogens with zero attached hydrogens (tertiary/aromatic N) is 1. The topological polar surface area (TPSA) is 123 Å². The fourth-order valence-electron chi connectivity index (χ4n) is 1.05. The highest BCUT2D eigenvalue weighted by atomic mass is 16.2. The lowest BCUT2D eigenvalue weighted by Gasteiger charge is -2.21. The van der Waals surface area contributed by atoms with Gasteiger partial charge in [-0.3, -0.25) is 20.4 Å². The average Bonchev–Trinajstić information content (AvgIpc) is 2.28. The molecule has 0 fully saturated rings. The first-order chi connectivity index (χ1) is 7.86. The SMILES string of the molecule is CC(C)(NC(=O)c1cc(NN)ccn1)C(N)=O. The molecule has 0 saturated heterocycles. The molecule has 1 heterocycles. The fraction of sp³-hybridized carbons (Fsp3) is 0.300. The van der Waals surface area contributed by atoms with Crippen molar-refractivity contribution in [1.82, 2.24) is 10.3 Å². The van der Waals surface area contributed by atoms with Crippen LogP contribution in [0.15, 0.2) is 18.3 Å². The maximum absolute atomic E-state index is 11.8. The molecular formula is C10H15N5O2. The molecule has 0 aromatic carbocycles. The van der Waals surface area contributed by atoms with Crippen LogP contribution < -0.4 is 22.3 Å². The lowest BCUT2D eigenvalue weighted by Crippen LogP contribution is -2.53. The second-order valence-electron chi connectivity index (χ2n) is 4.02. The summed E-state index contributed by atoms with van der Waals surface area (Å²) >= 11 is 0. The molecule has 0 radical (unpaired) electrons. The van der Waals surface area contributed by atoms with Crippen molar-refractivity contribution in [2.24, 2.45) is 11.6 Å². The number of pyridine rings is 1. The number of carbonyl (C=O) groups is 2. The van der Waals surface area contributed by atoms with Gasteiger partial charge in [0.25, 0.3) is 5.91 Å². The van der Waals surface area contributed by atoms with E-state index in [2.05, 4.69) is 15.7 Å². The molecule has 0 aliphatic carbocycles. The highest BCUT2D eigenvalue weighted by molar-refractivity contribution is 5.97. The summed E-state index contributed by atoms with van der Waals surface area (Å²) in [6.07, 6.45) is 1.43. The van der Waals surface area contributed by atoms with Crippen LogP contribution in [0.2, 0.25) is 0 Å². The predicted molar refractivity (Wildman–Crippen MR) is 62.8 cm³/mol. The van der Waals surface area contributed by atoms with Crippen molar-refractivity contribution in [2.75, 3.05) is 5.43 Å². The quantitative estimate of drug-likeness (QED) is 0.409. The van der Waals surface area contributed by atoms with Gasteiger partial charge in [-0.15, -0.1) is 0 Å². The highest BCUT2D eigenvalue weighted by Crippen LogP contribution is 2.08. The molecule has 0 aliphatic heterocycles. The van der Waals surface area contributed by atoms with Gasteiger partial charge < -0.3 is 16.5 Å². The summed E-state index contributed by atoms with van der Waals surface area (Å²) in [6, 6.07) is 3.07. The molecule has 6 N–H and O–H groups in total. The van der Waals surface area contributed by atoms with Crippen LogP contribution in [0.4, 0.5) is 5.69 Å². The Morgan fingerprint density at radius 3 is 2.59 bits per heavy atom. The van der Waals surface area contributed by atoms with Gasteiger partial charge in [0.05, 0.1) is 5.69 Å². The third kappa shape index (κ3) is 3.15. The average molecular weight is 237 g/mol. The number of anilines is 1. The van der Waals surface area contributed by atoms with Gasteiger partial charge in [-0.25, -0.2) is 0 Å². The summed E-state index contributed by atoms with van der Waals surface area (Å²) in [6.45, 7) is 3.02. The first-order valence-corrected chi connectivity index (χ1v) is 4.92. The van der Waals surface area contributed by atoms with Crippen molar-refractivity contribution in [3.63, 3.8) is 0 Å². The third-order valence-corrected chi connectivity index (χ3v) is 2.20. The van der Waals surface area contributed by atoms with Crippen molar-refractivity contribution < 1.29 is 9.59 Å². The maximum Gasteiger partial charge on any atom is 0.270 e. The standard InChI is InChI=1S/C10H15N5O2/c1-10(2,9(11)17)14-8(16)7-5-6(15-12)3-4-13-7/h3-5H,12H2,1-2H3,(H2,11,17)(H,13,15)(H,14,16). The molecule has 0 aliphatic rings. The van der Waals surface area contributed by atoms with Crippen LogP contribution in [-0.4, -0.2) is 22.3 Å². The Balaban J connectivity index is 2.86. The zero-order valence-electron chi connectivity index (χ0n) is 9.65. The van der Waals surface area contributed by atoms with Crippen molar-refractivity contribution in [1.29, 1.82) is 0 Å². The zero-order chi connectivity index (χ0) is 13.1. The van der Waals surface area contributed by atoms with Crippen LogP contribution in [0.5, 0.6) is 0 Å². The number of hydrazine groups is 1. The number of nitrogen functional groups attached to an aromatic ring is 1. The number of primary amides is 1. The van der Waals surface area contributed by atoms with Gasteiger partial charge in [0.1, 0.15) is 11.2 Å². The molecule has 92 valence electrons. The minimum Gasteiger partial charge on any atom is -0.368 e. The second-order valence-corrected chi connectivity index (χ2v) is 4.02. The van der Waals surface area contributed by atoms with Crippen LogP contribution in [0.1, 0.15) is 24.3 Å². The van der Waals surface area contributed by atoms with E-state index < -0.39 is 17.4 Å². The number of amides is 2. The number of aromatic nitrogens is 1. The van der Waals surface area contributed by atoms with E-state index in [9.17, 15) is 9.59 Å². The summed E-state index contributed by atoms with van der Waals surface area (Å²) in [5.41, 5.74) is 7.10. The van der Waals surface area contributed by atoms with Gasteiger partial charge in [0.2, 0.25) is 5.91 Å². The lowest BCUT2D eigenvalue weighted by atomic mass is 10.0. The molecule has 17 heavy (non-hydrogen) atoms. The Morgan fingerprint density at radius 2 is 2.06 bits per heavy atom. The molecule has 1 aromatic heterocycles. The van der Waals surface area contributed by atoms with Gasteiger partial charge in [0, 0.05) is 6.20 Å². The highest BCUT2D eigenvalue weighted by Gasteiger charge is 2.27. The van der Waals surface area contributed by atoms with Crippen molar-refractivity contribution in [3.8, 4) is 0 Å². The lowest BCUT2D eigenvalue weighted by molar-refractivity contribution is -0.122. The monoisotopic (exact) mass is 237 g/mol. The van der Waals surface area contributed by atoms with Crippen LogP contribution in [0.25, 0.3) is 0 Å². The predicted octanol–water partition coefficient (Wildman–Crippen LogP) is -0.639. The van der Waals surface area contributed by atoms with Crippen LogP contribution in [-0.2, 0) is 4.79 Å². The molecule has 2 amide bonds. The Kier molecular flexibility index (Phi) is 3.64. The fourth-order valence-corrected chi connectivity index (χ4v) is 1.05. The molecule has 1 aromatic rings. The molecule has 0 spiro atoms. The number of rotatable bonds is 4. The van der Waals surface area contributed by atoms with E-state index in [4.69, 9.17) is 11.6 Å². The Morgan fingerprint density at radius 1 is 1.41 bits per heavy atom. The molecule has 0 atom stereocenters. The molecule has 1 rings (SSSR count). The molecule has 0 bridgehead atoms. The van der Waals surface area contributed by atoms with Gasteiger partial charge in [-0.2, -0.15) is 0 Å². The summed E-state index contributed by atoms with van der Waals surface area (Å²) in [7, 11) is 0. The van der Waals surface area contributed by atoms with E-state index in [0.29, 0.717) is 5.69 Å². The summed E-state index contributed by atoms with van der Waals surface area (Å²) in [5, 5.41) is 2.48. The van der Waals surface area contributed by atoms with Crippen molar-refractivity contribution in [3.05, 3.63) is 24.0 Å². The molecular weight excluding hydrogens is 222 g/mol. The van der Waals surface area contributed by atoms with Gasteiger partial charge in [-0.05, 0) is 26.0 Å². The maximum atomic E-state index is 11.8. The van der Waals surface area contributed by atoms with Crippen LogP contribution >= 0.6 is 0 Å². The van der Waals surface area contributed by atoms with Gasteiger partial charge >= 0.3 is 0 Å². The Bertz CT molecular complexity index is 444. The van der Waals surface area contributed by atoms with E-state index in [0.717, 1.165) is 0 Å². The van der Waals surface area contributed by atoms with E-state index in [1.165, 1.54) is 26.1 Å². The van der Waals surface area contributed by atoms with Crippen molar-refractivity contribution in [2.45, 2.75) is 19.4 Å². The van der Waals surface area contributed by atoms with Gasteiger partial charge in [0.15, 0.2) is 0 Å². The smallest absolute Gasteiger partial charge is 0.270 e. The minimum atomic E-state index is -1.13. The second kappa shape index (κ2) is 4.79. The molecule has 0 saturated carbocycles. The van der Waals surface area contributed by atoms with E-state index in [1.54, 1.807) is 6.07 Å². The Labute approximate surface area is 98.5 Å². The summed E-state index contributed by atoms with van der Waals surface area (Å²) in [5.74, 6) is 4.09. The van der Waals surface area contributed by atoms with E-state index in [-0.39, 0.29) is 5.69 Å². The number of nitrogens with two attached hydrogens (primary N) is 2. The van der Waals surface area contributed by atoms with Crippen LogP contribution in [0.3, 0.4) is 0 Å². The van der Waals surface area contributed by atoms with E-state index in [1.807, 2.05) is 0 Å². The summed E-state index contributed by atoms with van der Waals surface area (Å²) < 4.78 is 0. The van der Waals surface area contributed by atoms with Gasteiger partial charge in [-0.1, -0.05) is 0 Å².